The summed E-state index contributed by atoms with van der Waals surface area (Å²) in [7, 11) is 1.54. The Kier molecular flexibility index (Phi) is 4.16. The molecule has 0 saturated carbocycles. The first-order valence-corrected chi connectivity index (χ1v) is 6.84. The molecule has 0 bridgehead atoms. The summed E-state index contributed by atoms with van der Waals surface area (Å²) in [5, 5.41) is 2.69. The van der Waals surface area contributed by atoms with E-state index in [9.17, 15) is 9.59 Å². The summed E-state index contributed by atoms with van der Waals surface area (Å²) in [6.45, 7) is 0.0441. The average Bonchev–Trinajstić information content (AvgIpc) is 2.78. The van der Waals surface area contributed by atoms with Gasteiger partial charge in [0.25, 0.3) is 0 Å². The molecular weight excluding hydrogens is 266 g/mol. The Hall–Kier alpha value is -1.89. The molecule has 6 nitrogen and oxygen atoms in total. The van der Waals surface area contributed by atoms with Gasteiger partial charge in [-0.3, -0.25) is 9.59 Å². The van der Waals surface area contributed by atoms with E-state index in [1.54, 1.807) is 18.2 Å². The minimum absolute atomic E-state index is 0.0150. The molecule has 1 fully saturated rings. The monoisotopic (exact) mass is 281 g/mol. The number of rotatable bonds is 4. The van der Waals surface area contributed by atoms with E-state index in [4.69, 9.17) is 10.5 Å². The number of nitrogens with two attached hydrogens (primary N) is 1. The number of thioether (sulfide) groups is 1. The van der Waals surface area contributed by atoms with Gasteiger partial charge in [-0.1, -0.05) is 0 Å². The predicted molar refractivity (Wildman–Crippen MR) is 75.1 cm³/mol. The number of nitrogen functional groups attached to an aromatic ring is 1. The molecule has 3 N–H and O–H groups in total. The van der Waals surface area contributed by atoms with Crippen molar-refractivity contribution in [3.63, 3.8) is 0 Å². The smallest absolute Gasteiger partial charge is 0.244 e. The van der Waals surface area contributed by atoms with E-state index in [1.807, 2.05) is 0 Å². The van der Waals surface area contributed by atoms with E-state index in [0.29, 0.717) is 28.8 Å². The molecule has 19 heavy (non-hydrogen) atoms. The lowest BCUT2D eigenvalue weighted by Crippen LogP contribution is -2.34. The summed E-state index contributed by atoms with van der Waals surface area (Å²) in [5.74, 6) is 1.32. The number of carbonyl (C=O) groups excluding carboxylic acids is 2. The van der Waals surface area contributed by atoms with Crippen molar-refractivity contribution >= 4 is 35.0 Å². The molecule has 1 heterocycles. The average molecular weight is 281 g/mol. The Morgan fingerprint density at radius 1 is 1.58 bits per heavy atom. The van der Waals surface area contributed by atoms with E-state index in [0.717, 1.165) is 0 Å². The van der Waals surface area contributed by atoms with Crippen molar-refractivity contribution in [2.75, 3.05) is 36.3 Å². The molecule has 0 aromatic heterocycles. The maximum absolute atomic E-state index is 11.9. The Labute approximate surface area is 115 Å². The van der Waals surface area contributed by atoms with Crippen LogP contribution >= 0.6 is 11.8 Å². The van der Waals surface area contributed by atoms with Crippen molar-refractivity contribution in [1.29, 1.82) is 0 Å². The normalized spacial score (nSPS) is 14.6. The molecule has 2 amide bonds. The van der Waals surface area contributed by atoms with Gasteiger partial charge in [-0.05, 0) is 12.1 Å². The number of amides is 2. The molecule has 0 unspecified atom stereocenters. The number of nitrogens with zero attached hydrogens (tertiary/aromatic N) is 1. The Bertz CT molecular complexity index is 507. The molecule has 0 radical (unpaired) electrons. The zero-order valence-electron chi connectivity index (χ0n) is 10.5. The lowest BCUT2D eigenvalue weighted by molar-refractivity contribution is -0.130. The maximum atomic E-state index is 11.9. The number of anilines is 2. The second-order valence-electron chi connectivity index (χ2n) is 4.07. The first-order valence-electron chi connectivity index (χ1n) is 5.69. The molecule has 1 aliphatic heterocycles. The molecule has 1 aromatic rings. The molecule has 1 aliphatic rings. The first kappa shape index (κ1) is 13.5. The van der Waals surface area contributed by atoms with Crippen LogP contribution < -0.4 is 15.8 Å². The number of carbonyl (C=O) groups is 2. The highest BCUT2D eigenvalue weighted by molar-refractivity contribution is 8.00. The number of ether oxygens (including phenoxy) is 1. The molecule has 0 atom stereocenters. The van der Waals surface area contributed by atoms with Crippen LogP contribution in [0.2, 0.25) is 0 Å². The van der Waals surface area contributed by atoms with Gasteiger partial charge in [0.1, 0.15) is 12.3 Å². The fourth-order valence-corrected chi connectivity index (χ4v) is 2.58. The summed E-state index contributed by atoms with van der Waals surface area (Å²) in [6, 6.07) is 5.02. The minimum Gasteiger partial charge on any atom is -0.497 e. The SMILES string of the molecule is COc1ccc(N)c(NC(=O)CN2CSCC2=O)c1. The van der Waals surface area contributed by atoms with Crippen LogP contribution in [-0.4, -0.2) is 42.0 Å². The molecule has 102 valence electrons. The van der Waals surface area contributed by atoms with Gasteiger partial charge in [-0.15, -0.1) is 11.8 Å². The van der Waals surface area contributed by atoms with Crippen LogP contribution in [0.25, 0.3) is 0 Å². The molecule has 0 spiro atoms. The fraction of sp³-hybridized carbons (Fsp3) is 0.333. The van der Waals surface area contributed by atoms with E-state index in [1.165, 1.54) is 23.8 Å². The Balaban J connectivity index is 2.00. The highest BCUT2D eigenvalue weighted by Crippen LogP contribution is 2.24. The van der Waals surface area contributed by atoms with Gasteiger partial charge < -0.3 is 20.7 Å². The van der Waals surface area contributed by atoms with Gasteiger partial charge in [-0.25, -0.2) is 0 Å². The highest BCUT2D eigenvalue weighted by atomic mass is 32.2. The van der Waals surface area contributed by atoms with Crippen LogP contribution in [0.3, 0.4) is 0 Å². The van der Waals surface area contributed by atoms with Crippen molar-refractivity contribution < 1.29 is 14.3 Å². The minimum atomic E-state index is -0.268. The van der Waals surface area contributed by atoms with Gasteiger partial charge in [0.2, 0.25) is 11.8 Å². The largest absolute Gasteiger partial charge is 0.497 e. The third-order valence-corrected chi connectivity index (χ3v) is 3.64. The lowest BCUT2D eigenvalue weighted by atomic mass is 10.2. The maximum Gasteiger partial charge on any atom is 0.244 e. The van der Waals surface area contributed by atoms with E-state index in [2.05, 4.69) is 5.32 Å². The zero-order valence-corrected chi connectivity index (χ0v) is 11.3. The summed E-state index contributed by atoms with van der Waals surface area (Å²) in [4.78, 5) is 24.8. The van der Waals surface area contributed by atoms with Gasteiger partial charge >= 0.3 is 0 Å². The standard InChI is InChI=1S/C12H15N3O3S/c1-18-8-2-3-9(13)10(4-8)14-11(16)5-15-7-19-6-12(15)17/h2-4H,5-7,13H2,1H3,(H,14,16). The van der Waals surface area contributed by atoms with Crippen LogP contribution in [0.15, 0.2) is 18.2 Å². The summed E-state index contributed by atoms with van der Waals surface area (Å²) in [6.07, 6.45) is 0. The topological polar surface area (TPSA) is 84.7 Å². The van der Waals surface area contributed by atoms with Gasteiger partial charge in [0.05, 0.1) is 30.1 Å². The molecule has 1 saturated heterocycles. The molecule has 2 rings (SSSR count). The fourth-order valence-electron chi connectivity index (χ4n) is 1.67. The van der Waals surface area contributed by atoms with Gasteiger partial charge in [-0.2, -0.15) is 0 Å². The predicted octanol–water partition coefficient (Wildman–Crippen LogP) is 0.749. The summed E-state index contributed by atoms with van der Waals surface area (Å²) >= 11 is 1.50. The van der Waals surface area contributed by atoms with E-state index < -0.39 is 0 Å². The van der Waals surface area contributed by atoms with Crippen molar-refractivity contribution in [2.45, 2.75) is 0 Å². The van der Waals surface area contributed by atoms with Crippen molar-refractivity contribution in [3.8, 4) is 5.75 Å². The number of benzene rings is 1. The number of hydrogen-bond acceptors (Lipinski definition) is 5. The number of hydrogen-bond donors (Lipinski definition) is 2. The van der Waals surface area contributed by atoms with Crippen LogP contribution in [0, 0.1) is 0 Å². The number of nitrogens with one attached hydrogen (secondary N) is 1. The first-order chi connectivity index (χ1) is 9.10. The number of methoxy groups -OCH3 is 1. The van der Waals surface area contributed by atoms with Crippen LogP contribution in [0.5, 0.6) is 5.75 Å². The third-order valence-electron chi connectivity index (χ3n) is 2.69. The van der Waals surface area contributed by atoms with Crippen LogP contribution in [0.4, 0.5) is 11.4 Å². The highest BCUT2D eigenvalue weighted by Gasteiger charge is 2.23. The Morgan fingerprint density at radius 2 is 2.37 bits per heavy atom. The molecule has 0 aliphatic carbocycles. The van der Waals surface area contributed by atoms with Crippen molar-refractivity contribution in [3.05, 3.63) is 18.2 Å². The van der Waals surface area contributed by atoms with Gasteiger partial charge in [0.15, 0.2) is 0 Å². The Morgan fingerprint density at radius 3 is 3.00 bits per heavy atom. The van der Waals surface area contributed by atoms with Crippen molar-refractivity contribution in [2.24, 2.45) is 0 Å². The second-order valence-corrected chi connectivity index (χ2v) is 5.03. The quantitative estimate of drug-likeness (QED) is 0.796. The lowest BCUT2D eigenvalue weighted by Gasteiger charge is -2.15. The molecule has 1 aromatic carbocycles. The van der Waals surface area contributed by atoms with E-state index >= 15 is 0 Å². The zero-order chi connectivity index (χ0) is 13.8. The molecule has 7 heteroatoms. The third kappa shape index (κ3) is 3.31. The van der Waals surface area contributed by atoms with Crippen LogP contribution in [0.1, 0.15) is 0 Å². The van der Waals surface area contributed by atoms with Crippen molar-refractivity contribution in [1.82, 2.24) is 4.90 Å². The van der Waals surface area contributed by atoms with Crippen LogP contribution in [-0.2, 0) is 9.59 Å². The van der Waals surface area contributed by atoms with Gasteiger partial charge in [0, 0.05) is 6.07 Å². The second kappa shape index (κ2) is 5.83. The van der Waals surface area contributed by atoms with E-state index in [-0.39, 0.29) is 18.4 Å². The summed E-state index contributed by atoms with van der Waals surface area (Å²) < 4.78 is 5.07. The molecular formula is C12H15N3O3S. The summed E-state index contributed by atoms with van der Waals surface area (Å²) in [5.41, 5.74) is 6.72.